The Morgan fingerprint density at radius 2 is 1.72 bits per heavy atom. The molecule has 0 fully saturated rings. The second kappa shape index (κ2) is 8.55. The van der Waals surface area contributed by atoms with Gasteiger partial charge in [0, 0.05) is 16.3 Å². The van der Waals surface area contributed by atoms with Gasteiger partial charge < -0.3 is 5.32 Å². The number of fused-ring (bicyclic) bond motifs is 1. The summed E-state index contributed by atoms with van der Waals surface area (Å²) in [5, 5.41) is 2.77. The quantitative estimate of drug-likeness (QED) is 0.509. The monoisotopic (exact) mass is 509 g/mol. The SMILES string of the molecule is O=C(Nc1ccc(N2C(=O)Cc3ccc(Cl)cc3C2=O)cc1)NS(=O)(=O)c1ccc(Cl)s1. The van der Waals surface area contributed by atoms with Crippen molar-refractivity contribution >= 4 is 73.8 Å². The summed E-state index contributed by atoms with van der Waals surface area (Å²) in [5.41, 5.74) is 1.50. The van der Waals surface area contributed by atoms with Gasteiger partial charge in [-0.3, -0.25) is 9.59 Å². The molecule has 0 saturated carbocycles. The fourth-order valence-electron chi connectivity index (χ4n) is 3.10. The minimum absolute atomic E-state index is 0.0469. The van der Waals surface area contributed by atoms with Crippen molar-refractivity contribution in [1.29, 1.82) is 0 Å². The van der Waals surface area contributed by atoms with Crippen LogP contribution in [0.2, 0.25) is 9.36 Å². The molecule has 2 N–H and O–H groups in total. The molecule has 1 aliphatic heterocycles. The molecule has 0 aliphatic carbocycles. The fourth-order valence-corrected chi connectivity index (χ4v) is 5.67. The summed E-state index contributed by atoms with van der Waals surface area (Å²) in [4.78, 5) is 38.5. The molecule has 0 atom stereocenters. The average Bonchev–Trinajstić information content (AvgIpc) is 3.17. The Morgan fingerprint density at radius 3 is 2.38 bits per heavy atom. The molecule has 4 amide bonds. The number of benzene rings is 2. The average molecular weight is 510 g/mol. The van der Waals surface area contributed by atoms with Gasteiger partial charge in [-0.15, -0.1) is 11.3 Å². The number of rotatable bonds is 4. The van der Waals surface area contributed by atoms with E-state index in [2.05, 4.69) is 5.32 Å². The van der Waals surface area contributed by atoms with Gasteiger partial charge in [-0.05, 0) is 54.1 Å². The standard InChI is InChI=1S/C20H13Cl2N3O5S2/c21-12-2-1-11-9-17(26)25(19(27)15(11)10-12)14-5-3-13(4-6-14)23-20(28)24-32(29,30)18-8-7-16(22)31-18/h1-8,10H,9H2,(H2,23,24,28). The van der Waals surface area contributed by atoms with Crippen LogP contribution in [0.1, 0.15) is 15.9 Å². The zero-order valence-corrected chi connectivity index (χ0v) is 19.1. The van der Waals surface area contributed by atoms with Gasteiger partial charge in [-0.1, -0.05) is 29.3 Å². The molecule has 0 radical (unpaired) electrons. The predicted octanol–water partition coefficient (Wildman–Crippen LogP) is 4.29. The number of sulfonamides is 1. The Hall–Kier alpha value is -2.92. The van der Waals surface area contributed by atoms with Crippen LogP contribution in [0.4, 0.5) is 16.2 Å². The number of urea groups is 1. The number of carbonyl (C=O) groups excluding carboxylic acids is 3. The van der Waals surface area contributed by atoms with Crippen molar-refractivity contribution in [1.82, 2.24) is 4.72 Å². The highest BCUT2D eigenvalue weighted by Gasteiger charge is 2.32. The van der Waals surface area contributed by atoms with Crippen molar-refractivity contribution in [3.05, 3.63) is 75.1 Å². The number of hydrogen-bond donors (Lipinski definition) is 2. The molecule has 0 spiro atoms. The van der Waals surface area contributed by atoms with Crippen LogP contribution >= 0.6 is 34.5 Å². The molecule has 0 bridgehead atoms. The number of amides is 4. The number of carbonyl (C=O) groups is 3. The molecule has 1 aromatic heterocycles. The maximum absolute atomic E-state index is 12.8. The van der Waals surface area contributed by atoms with E-state index in [9.17, 15) is 22.8 Å². The third-order valence-electron chi connectivity index (χ3n) is 4.52. The normalized spacial score (nSPS) is 13.6. The number of hydrogen-bond acceptors (Lipinski definition) is 6. The van der Waals surface area contributed by atoms with Gasteiger partial charge in [0.25, 0.3) is 15.9 Å². The zero-order chi connectivity index (χ0) is 23.0. The van der Waals surface area contributed by atoms with E-state index in [0.717, 1.165) is 16.2 Å². The van der Waals surface area contributed by atoms with E-state index >= 15 is 0 Å². The molecule has 2 aromatic carbocycles. The topological polar surface area (TPSA) is 113 Å². The lowest BCUT2D eigenvalue weighted by atomic mass is 9.98. The molecular weight excluding hydrogens is 497 g/mol. The van der Waals surface area contributed by atoms with E-state index in [-0.39, 0.29) is 20.7 Å². The smallest absolute Gasteiger partial charge is 0.307 e. The number of halogens is 2. The maximum atomic E-state index is 12.8. The van der Waals surface area contributed by atoms with Gasteiger partial charge in [0.15, 0.2) is 0 Å². The molecule has 32 heavy (non-hydrogen) atoms. The molecule has 3 aromatic rings. The molecular formula is C20H13Cl2N3O5S2. The molecule has 2 heterocycles. The molecule has 1 aliphatic rings. The van der Waals surface area contributed by atoms with Crippen LogP contribution < -0.4 is 14.9 Å². The van der Waals surface area contributed by atoms with E-state index in [4.69, 9.17) is 23.2 Å². The second-order valence-electron chi connectivity index (χ2n) is 6.68. The number of nitrogens with zero attached hydrogens (tertiary/aromatic N) is 1. The van der Waals surface area contributed by atoms with Gasteiger partial charge in [-0.25, -0.2) is 22.8 Å². The number of imide groups is 1. The molecule has 164 valence electrons. The summed E-state index contributed by atoms with van der Waals surface area (Å²) in [6.45, 7) is 0. The molecule has 0 unspecified atom stereocenters. The van der Waals surface area contributed by atoms with Crippen molar-refractivity contribution in [3.8, 4) is 0 Å². The van der Waals surface area contributed by atoms with Gasteiger partial charge >= 0.3 is 6.03 Å². The lowest BCUT2D eigenvalue weighted by Gasteiger charge is -2.27. The maximum Gasteiger partial charge on any atom is 0.333 e. The fraction of sp³-hybridized carbons (Fsp3) is 0.0500. The predicted molar refractivity (Wildman–Crippen MR) is 122 cm³/mol. The first-order chi connectivity index (χ1) is 15.1. The molecule has 8 nitrogen and oxygen atoms in total. The van der Waals surface area contributed by atoms with Crippen molar-refractivity contribution in [2.24, 2.45) is 0 Å². The third kappa shape index (κ3) is 4.49. The Bertz CT molecular complexity index is 1350. The van der Waals surface area contributed by atoms with Crippen molar-refractivity contribution < 1.29 is 22.8 Å². The van der Waals surface area contributed by atoms with Crippen LogP contribution in [0.5, 0.6) is 0 Å². The van der Waals surface area contributed by atoms with Crippen LogP contribution in [0.25, 0.3) is 0 Å². The van der Waals surface area contributed by atoms with E-state index in [1.807, 2.05) is 4.72 Å². The summed E-state index contributed by atoms with van der Waals surface area (Å²) in [6, 6.07) is 12.3. The van der Waals surface area contributed by atoms with Gasteiger partial charge in [0.1, 0.15) is 4.21 Å². The Labute approximate surface area is 196 Å². The highest BCUT2D eigenvalue weighted by atomic mass is 35.5. The number of thiophene rings is 1. The Balaban J connectivity index is 1.48. The minimum Gasteiger partial charge on any atom is -0.307 e. The van der Waals surface area contributed by atoms with Crippen LogP contribution in [-0.4, -0.2) is 26.3 Å². The first-order valence-corrected chi connectivity index (χ1v) is 12.0. The summed E-state index contributed by atoms with van der Waals surface area (Å²) >= 11 is 12.5. The lowest BCUT2D eigenvalue weighted by molar-refractivity contribution is -0.117. The third-order valence-corrected chi connectivity index (χ3v) is 7.81. The first kappa shape index (κ1) is 22.3. The molecule has 12 heteroatoms. The van der Waals surface area contributed by atoms with E-state index in [1.54, 1.807) is 12.1 Å². The Kier molecular flexibility index (Phi) is 5.95. The Morgan fingerprint density at radius 1 is 1.00 bits per heavy atom. The molecule has 0 saturated heterocycles. The summed E-state index contributed by atoms with van der Waals surface area (Å²) < 4.78 is 26.4. The highest BCUT2D eigenvalue weighted by Crippen LogP contribution is 2.29. The van der Waals surface area contributed by atoms with Crippen molar-refractivity contribution in [2.75, 3.05) is 10.2 Å². The minimum atomic E-state index is -4.07. The zero-order valence-electron chi connectivity index (χ0n) is 16.0. The van der Waals surface area contributed by atoms with Crippen LogP contribution in [0.3, 0.4) is 0 Å². The second-order valence-corrected chi connectivity index (χ2v) is 10.7. The van der Waals surface area contributed by atoms with Gasteiger partial charge in [-0.2, -0.15) is 0 Å². The van der Waals surface area contributed by atoms with Crippen LogP contribution in [-0.2, 0) is 21.2 Å². The highest BCUT2D eigenvalue weighted by molar-refractivity contribution is 7.92. The van der Waals surface area contributed by atoms with Gasteiger partial charge in [0.05, 0.1) is 16.4 Å². The van der Waals surface area contributed by atoms with Gasteiger partial charge in [0.2, 0.25) is 5.91 Å². The summed E-state index contributed by atoms with van der Waals surface area (Å²) in [5.74, 6) is -0.901. The van der Waals surface area contributed by atoms with E-state index in [0.29, 0.717) is 21.8 Å². The van der Waals surface area contributed by atoms with Crippen molar-refractivity contribution in [3.63, 3.8) is 0 Å². The van der Waals surface area contributed by atoms with Crippen LogP contribution in [0.15, 0.2) is 58.8 Å². The molecule has 4 rings (SSSR count). The lowest BCUT2D eigenvalue weighted by Crippen LogP contribution is -2.42. The number of nitrogens with one attached hydrogen (secondary N) is 2. The van der Waals surface area contributed by atoms with Crippen molar-refractivity contribution in [2.45, 2.75) is 10.6 Å². The van der Waals surface area contributed by atoms with Crippen LogP contribution in [0, 0.1) is 0 Å². The van der Waals surface area contributed by atoms with E-state index < -0.39 is 27.9 Å². The summed E-state index contributed by atoms with van der Waals surface area (Å²) in [6.07, 6.45) is 0.0469. The van der Waals surface area contributed by atoms with E-state index in [1.165, 1.54) is 42.5 Å². The summed E-state index contributed by atoms with van der Waals surface area (Å²) in [7, 11) is -4.07. The number of anilines is 2. The first-order valence-electron chi connectivity index (χ1n) is 8.99. The largest absolute Gasteiger partial charge is 0.333 e.